The molecule has 0 radical (unpaired) electrons. The summed E-state index contributed by atoms with van der Waals surface area (Å²) < 4.78 is 0. The van der Waals surface area contributed by atoms with Crippen molar-refractivity contribution in [3.63, 3.8) is 0 Å². The second-order valence-corrected chi connectivity index (χ2v) is 7.11. The fourth-order valence-corrected chi connectivity index (χ4v) is 3.68. The fraction of sp³-hybridized carbons (Fsp3) is 0.500. The summed E-state index contributed by atoms with van der Waals surface area (Å²) in [4.78, 5) is 17.2. The maximum Gasteiger partial charge on any atom is 0.226 e. The van der Waals surface area contributed by atoms with Crippen LogP contribution in [0.1, 0.15) is 49.9 Å². The fourth-order valence-electron chi connectivity index (χ4n) is 3.68. The summed E-state index contributed by atoms with van der Waals surface area (Å²) in [6, 6.07) is 5.85. The number of nitrogens with zero attached hydrogens (tertiary/aromatic N) is 3. The van der Waals surface area contributed by atoms with E-state index in [2.05, 4.69) is 27.4 Å². The molecule has 2 aromatic rings. The van der Waals surface area contributed by atoms with E-state index in [4.69, 9.17) is 0 Å². The highest BCUT2D eigenvalue weighted by Gasteiger charge is 2.35. The summed E-state index contributed by atoms with van der Waals surface area (Å²) in [7, 11) is 0. The van der Waals surface area contributed by atoms with E-state index in [0.717, 1.165) is 42.8 Å². The van der Waals surface area contributed by atoms with Gasteiger partial charge < -0.3 is 5.32 Å². The van der Waals surface area contributed by atoms with Gasteiger partial charge in [0.2, 0.25) is 5.91 Å². The molecule has 2 aromatic heterocycles. The van der Waals surface area contributed by atoms with Crippen molar-refractivity contribution < 1.29 is 4.79 Å². The number of aromatic nitrogens is 3. The van der Waals surface area contributed by atoms with Crippen molar-refractivity contribution in [1.29, 1.82) is 0 Å². The highest BCUT2D eigenvalue weighted by Crippen LogP contribution is 2.36. The Balaban J connectivity index is 2.08. The van der Waals surface area contributed by atoms with Crippen LogP contribution in [0.25, 0.3) is 11.4 Å². The van der Waals surface area contributed by atoms with Gasteiger partial charge in [0.05, 0.1) is 16.8 Å². The molecular weight excluding hydrogens is 312 g/mol. The molecule has 132 valence electrons. The molecule has 0 fully saturated rings. The van der Waals surface area contributed by atoms with Gasteiger partial charge in [-0.3, -0.25) is 9.78 Å². The van der Waals surface area contributed by atoms with Gasteiger partial charge in [-0.15, -0.1) is 5.10 Å². The molecule has 5 heteroatoms. The lowest BCUT2D eigenvalue weighted by molar-refractivity contribution is -0.130. The second kappa shape index (κ2) is 7.30. The molecule has 0 saturated carbocycles. The summed E-state index contributed by atoms with van der Waals surface area (Å²) in [5, 5.41) is 11.9. The van der Waals surface area contributed by atoms with E-state index < -0.39 is 5.41 Å². The number of hydrogen-bond acceptors (Lipinski definition) is 4. The maximum atomic E-state index is 12.7. The van der Waals surface area contributed by atoms with E-state index in [-0.39, 0.29) is 5.91 Å². The Hall–Kier alpha value is -2.30. The first-order chi connectivity index (χ1) is 12.0. The van der Waals surface area contributed by atoms with Gasteiger partial charge in [0.25, 0.3) is 0 Å². The molecular formula is C20H26N4O. The molecule has 0 bridgehead atoms. The molecule has 0 aromatic carbocycles. The first-order valence-corrected chi connectivity index (χ1v) is 9.10. The van der Waals surface area contributed by atoms with Crippen molar-refractivity contribution in [2.45, 2.75) is 52.9 Å². The average molecular weight is 338 g/mol. The van der Waals surface area contributed by atoms with E-state index in [1.54, 1.807) is 6.20 Å². The Morgan fingerprint density at radius 1 is 1.24 bits per heavy atom. The van der Waals surface area contributed by atoms with Crippen LogP contribution in [0.5, 0.6) is 0 Å². The number of nitrogens with one attached hydrogen (secondary N) is 1. The molecule has 1 atom stereocenters. The van der Waals surface area contributed by atoms with Gasteiger partial charge in [-0.1, -0.05) is 19.4 Å². The van der Waals surface area contributed by atoms with Crippen molar-refractivity contribution in [3.8, 4) is 11.4 Å². The number of amides is 1. The van der Waals surface area contributed by atoms with E-state index in [1.165, 1.54) is 11.1 Å². The molecule has 0 saturated heterocycles. The van der Waals surface area contributed by atoms with Crippen LogP contribution in [-0.4, -0.2) is 27.6 Å². The zero-order valence-corrected chi connectivity index (χ0v) is 15.3. The van der Waals surface area contributed by atoms with Crippen LogP contribution in [0.4, 0.5) is 0 Å². The van der Waals surface area contributed by atoms with Gasteiger partial charge in [-0.05, 0) is 62.8 Å². The number of carbonyl (C=O) groups excluding carboxylic acids is 1. The first kappa shape index (κ1) is 17.5. The first-order valence-electron chi connectivity index (χ1n) is 9.10. The van der Waals surface area contributed by atoms with Crippen molar-refractivity contribution in [2.75, 3.05) is 6.54 Å². The summed E-state index contributed by atoms with van der Waals surface area (Å²) in [5.74, 6) is 0.137. The maximum absolute atomic E-state index is 12.7. The Morgan fingerprint density at radius 2 is 2.08 bits per heavy atom. The Bertz CT molecular complexity index is 760. The number of aryl methyl sites for hydroxylation is 1. The topological polar surface area (TPSA) is 67.8 Å². The minimum absolute atomic E-state index is 0.137. The molecule has 1 aliphatic carbocycles. The third kappa shape index (κ3) is 3.55. The van der Waals surface area contributed by atoms with Gasteiger partial charge in [0, 0.05) is 12.7 Å². The van der Waals surface area contributed by atoms with Crippen LogP contribution in [0.3, 0.4) is 0 Å². The lowest BCUT2D eigenvalue weighted by atomic mass is 9.74. The predicted octanol–water partition coefficient (Wildman–Crippen LogP) is 3.26. The summed E-state index contributed by atoms with van der Waals surface area (Å²) >= 11 is 0. The van der Waals surface area contributed by atoms with E-state index in [1.807, 2.05) is 32.0 Å². The number of fused-ring (bicyclic) bond motifs is 1. The van der Waals surface area contributed by atoms with Crippen molar-refractivity contribution in [3.05, 3.63) is 41.2 Å². The van der Waals surface area contributed by atoms with Gasteiger partial charge >= 0.3 is 0 Å². The summed E-state index contributed by atoms with van der Waals surface area (Å²) in [6.07, 6.45) is 6.44. The molecule has 5 nitrogen and oxygen atoms in total. The van der Waals surface area contributed by atoms with Crippen LogP contribution in [-0.2, 0) is 17.6 Å². The van der Waals surface area contributed by atoms with Crippen molar-refractivity contribution in [2.24, 2.45) is 5.41 Å². The smallest absolute Gasteiger partial charge is 0.226 e. The van der Waals surface area contributed by atoms with Crippen LogP contribution in [0.15, 0.2) is 24.4 Å². The average Bonchev–Trinajstić information content (AvgIpc) is 2.60. The standard InChI is InChI=1S/C20H26N4O/c1-4-21-19(25)20(3)11-7-5-9-15-16(13-20)14(2)23-24-18(15)17-10-6-8-12-22-17/h6,8,10,12H,4-5,7,9,11,13H2,1-3H3,(H,21,25). The van der Waals surface area contributed by atoms with E-state index >= 15 is 0 Å². The third-order valence-corrected chi connectivity index (χ3v) is 5.15. The molecule has 3 rings (SSSR count). The minimum Gasteiger partial charge on any atom is -0.356 e. The van der Waals surface area contributed by atoms with E-state index in [9.17, 15) is 4.79 Å². The summed E-state index contributed by atoms with van der Waals surface area (Å²) in [6.45, 7) is 6.70. The third-order valence-electron chi connectivity index (χ3n) is 5.15. The Labute approximate surface area is 149 Å². The van der Waals surface area contributed by atoms with Crippen LogP contribution < -0.4 is 5.32 Å². The molecule has 1 amide bonds. The van der Waals surface area contributed by atoms with Crippen LogP contribution in [0, 0.1) is 12.3 Å². The van der Waals surface area contributed by atoms with Crippen LogP contribution >= 0.6 is 0 Å². The molecule has 25 heavy (non-hydrogen) atoms. The number of pyridine rings is 1. The predicted molar refractivity (Wildman–Crippen MR) is 98.0 cm³/mol. The largest absolute Gasteiger partial charge is 0.356 e. The quantitative estimate of drug-likeness (QED) is 0.933. The number of hydrogen-bond donors (Lipinski definition) is 1. The highest BCUT2D eigenvalue weighted by molar-refractivity contribution is 5.82. The van der Waals surface area contributed by atoms with Gasteiger partial charge in [-0.25, -0.2) is 0 Å². The SMILES string of the molecule is CCNC(=O)C1(C)CCCCc2c(-c3ccccn3)nnc(C)c2C1. The molecule has 0 spiro atoms. The monoisotopic (exact) mass is 338 g/mol. The van der Waals surface area contributed by atoms with Crippen molar-refractivity contribution in [1.82, 2.24) is 20.5 Å². The molecule has 0 aliphatic heterocycles. The molecule has 1 N–H and O–H groups in total. The highest BCUT2D eigenvalue weighted by atomic mass is 16.2. The van der Waals surface area contributed by atoms with Gasteiger partial charge in [0.15, 0.2) is 0 Å². The van der Waals surface area contributed by atoms with E-state index in [0.29, 0.717) is 13.0 Å². The van der Waals surface area contributed by atoms with Gasteiger partial charge in [0.1, 0.15) is 5.69 Å². The Kier molecular flexibility index (Phi) is 5.11. The zero-order chi connectivity index (χ0) is 17.9. The normalized spacial score (nSPS) is 20.3. The minimum atomic E-state index is -0.402. The van der Waals surface area contributed by atoms with Crippen molar-refractivity contribution >= 4 is 5.91 Å². The number of rotatable bonds is 3. The van der Waals surface area contributed by atoms with Gasteiger partial charge in [-0.2, -0.15) is 5.10 Å². The molecule has 1 unspecified atom stereocenters. The summed E-state index contributed by atoms with van der Waals surface area (Å²) in [5.41, 5.74) is 4.62. The molecule has 2 heterocycles. The number of carbonyl (C=O) groups is 1. The zero-order valence-electron chi connectivity index (χ0n) is 15.3. The second-order valence-electron chi connectivity index (χ2n) is 7.11. The lowest BCUT2D eigenvalue weighted by Crippen LogP contribution is -2.41. The lowest BCUT2D eigenvalue weighted by Gasteiger charge is -2.32. The Morgan fingerprint density at radius 3 is 2.80 bits per heavy atom. The van der Waals surface area contributed by atoms with Crippen LogP contribution in [0.2, 0.25) is 0 Å². The molecule has 1 aliphatic rings.